The normalized spacial score (nSPS) is 11.4. The molecule has 0 aliphatic rings. The first-order valence-electron chi connectivity index (χ1n) is 10.7. The number of hydrogen-bond acceptors (Lipinski definition) is 6. The van der Waals surface area contributed by atoms with E-state index in [9.17, 15) is 13.2 Å². The summed E-state index contributed by atoms with van der Waals surface area (Å²) in [6.07, 6.45) is 1.12. The van der Waals surface area contributed by atoms with Crippen LogP contribution in [0.5, 0.6) is 0 Å². The molecule has 0 saturated heterocycles. The van der Waals surface area contributed by atoms with E-state index in [1.54, 1.807) is 25.2 Å². The van der Waals surface area contributed by atoms with Gasteiger partial charge in [-0.2, -0.15) is 0 Å². The van der Waals surface area contributed by atoms with Crippen molar-refractivity contribution >= 4 is 60.5 Å². The number of aryl methyl sites for hydroxylation is 1. The Kier molecular flexibility index (Phi) is 6.05. The van der Waals surface area contributed by atoms with Crippen LogP contribution in [0.2, 0.25) is 0 Å². The summed E-state index contributed by atoms with van der Waals surface area (Å²) >= 11 is 0. The lowest BCUT2D eigenvalue weighted by Crippen LogP contribution is -2.18. The van der Waals surface area contributed by atoms with Crippen LogP contribution in [0.1, 0.15) is 15.9 Å². The lowest BCUT2D eigenvalue weighted by Gasteiger charge is -2.22. The quantitative estimate of drug-likeness (QED) is 0.359. The number of aromatic nitrogens is 1. The van der Waals surface area contributed by atoms with Crippen molar-refractivity contribution in [3.05, 3.63) is 65.7 Å². The number of amides is 1. The van der Waals surface area contributed by atoms with E-state index < -0.39 is 10.0 Å². The van der Waals surface area contributed by atoms with Crippen molar-refractivity contribution < 1.29 is 13.2 Å². The maximum absolute atomic E-state index is 12.6. The minimum absolute atomic E-state index is 0.206. The standard InChI is InChI=1S/C25H27N5O3S/c1-15-8-6-9-17-22(15)28-24-18(10-7-11-19(24)25(31)26-2)23(17)27-20-13-12-16(29-34(5,32)33)14-21(20)30(3)4/h6-14,29H,1-5H3,(H,26,31)(H,27,28). The number of anilines is 4. The van der Waals surface area contributed by atoms with Crippen molar-refractivity contribution in [2.45, 2.75) is 6.92 Å². The van der Waals surface area contributed by atoms with Crippen molar-refractivity contribution in [1.29, 1.82) is 0 Å². The maximum Gasteiger partial charge on any atom is 0.253 e. The molecule has 0 fully saturated rings. The van der Waals surface area contributed by atoms with E-state index in [1.165, 1.54) is 0 Å². The van der Waals surface area contributed by atoms with Crippen LogP contribution >= 0.6 is 0 Å². The van der Waals surface area contributed by atoms with Crippen molar-refractivity contribution in [1.82, 2.24) is 10.3 Å². The van der Waals surface area contributed by atoms with Gasteiger partial charge in [-0.15, -0.1) is 0 Å². The SMILES string of the molecule is CNC(=O)c1cccc2c(Nc3ccc(NS(C)(=O)=O)cc3N(C)C)c3cccc(C)c3nc12. The molecule has 0 atom stereocenters. The van der Waals surface area contributed by atoms with Crippen LogP contribution in [0.15, 0.2) is 54.6 Å². The van der Waals surface area contributed by atoms with Crippen molar-refractivity contribution in [3.8, 4) is 0 Å². The molecule has 3 aromatic carbocycles. The summed E-state index contributed by atoms with van der Waals surface area (Å²) in [5.74, 6) is -0.206. The molecule has 1 heterocycles. The van der Waals surface area contributed by atoms with E-state index in [-0.39, 0.29) is 5.91 Å². The number of carbonyl (C=O) groups is 1. The molecule has 0 saturated carbocycles. The summed E-state index contributed by atoms with van der Waals surface area (Å²) < 4.78 is 26.0. The molecule has 0 spiro atoms. The van der Waals surface area contributed by atoms with Gasteiger partial charge in [0.1, 0.15) is 0 Å². The molecule has 3 N–H and O–H groups in total. The molecular weight excluding hydrogens is 450 g/mol. The number of rotatable bonds is 6. The number of sulfonamides is 1. The van der Waals surface area contributed by atoms with E-state index in [1.807, 2.05) is 62.3 Å². The number of carbonyl (C=O) groups excluding carboxylic acids is 1. The average Bonchev–Trinajstić information content (AvgIpc) is 2.78. The molecule has 176 valence electrons. The lowest BCUT2D eigenvalue weighted by atomic mass is 10.0. The highest BCUT2D eigenvalue weighted by Gasteiger charge is 2.18. The highest BCUT2D eigenvalue weighted by Crippen LogP contribution is 2.38. The molecule has 0 bridgehead atoms. The first-order chi connectivity index (χ1) is 16.1. The largest absolute Gasteiger partial charge is 0.376 e. The molecule has 0 aliphatic heterocycles. The number of benzene rings is 3. The Bertz CT molecular complexity index is 1530. The molecule has 0 unspecified atom stereocenters. The van der Waals surface area contributed by atoms with Crippen molar-refractivity contribution in [2.24, 2.45) is 0 Å². The first-order valence-corrected chi connectivity index (χ1v) is 12.6. The zero-order valence-corrected chi connectivity index (χ0v) is 20.5. The summed E-state index contributed by atoms with van der Waals surface area (Å²) in [5, 5.41) is 7.97. The number of fused-ring (bicyclic) bond motifs is 2. The van der Waals surface area contributed by atoms with Crippen molar-refractivity contribution in [2.75, 3.05) is 42.3 Å². The number of hydrogen-bond donors (Lipinski definition) is 3. The lowest BCUT2D eigenvalue weighted by molar-refractivity contribution is 0.0964. The van der Waals surface area contributed by atoms with Crippen molar-refractivity contribution in [3.63, 3.8) is 0 Å². The monoisotopic (exact) mass is 477 g/mol. The number of para-hydroxylation sites is 2. The molecular formula is C25H27N5O3S. The summed E-state index contributed by atoms with van der Waals surface area (Å²) in [7, 11) is 1.98. The van der Waals surface area contributed by atoms with Gasteiger partial charge in [0.05, 0.1) is 45.6 Å². The number of pyridine rings is 1. The molecule has 1 aromatic heterocycles. The van der Waals surface area contributed by atoms with Gasteiger partial charge in [-0.25, -0.2) is 13.4 Å². The Morgan fingerprint density at radius 1 is 0.971 bits per heavy atom. The maximum atomic E-state index is 12.6. The fourth-order valence-corrected chi connectivity index (χ4v) is 4.56. The second-order valence-corrected chi connectivity index (χ2v) is 10.1. The molecule has 0 aliphatic carbocycles. The third kappa shape index (κ3) is 4.47. The fraction of sp³-hybridized carbons (Fsp3) is 0.200. The van der Waals surface area contributed by atoms with Gasteiger partial charge in [0.25, 0.3) is 5.91 Å². The van der Waals surface area contributed by atoms with E-state index in [2.05, 4.69) is 15.4 Å². The minimum Gasteiger partial charge on any atom is -0.376 e. The highest BCUT2D eigenvalue weighted by atomic mass is 32.2. The third-order valence-corrected chi connectivity index (χ3v) is 6.16. The number of nitrogens with one attached hydrogen (secondary N) is 3. The summed E-state index contributed by atoms with van der Waals surface area (Å²) in [6.45, 7) is 1.99. The van der Waals surface area contributed by atoms with E-state index in [0.717, 1.165) is 45.2 Å². The van der Waals surface area contributed by atoms with E-state index in [0.29, 0.717) is 16.8 Å². The van der Waals surface area contributed by atoms with Gasteiger partial charge in [0.2, 0.25) is 10.0 Å². The van der Waals surface area contributed by atoms with Gasteiger partial charge >= 0.3 is 0 Å². The van der Waals surface area contributed by atoms with Crippen LogP contribution in [0.3, 0.4) is 0 Å². The number of nitrogens with zero attached hydrogens (tertiary/aromatic N) is 2. The van der Waals surface area contributed by atoms with Gasteiger partial charge in [0, 0.05) is 31.9 Å². The molecule has 9 heteroatoms. The molecule has 4 rings (SSSR count). The molecule has 4 aromatic rings. The van der Waals surface area contributed by atoms with Crippen LogP contribution in [0, 0.1) is 6.92 Å². The Balaban J connectivity index is 1.97. The Morgan fingerprint density at radius 2 is 1.65 bits per heavy atom. The van der Waals surface area contributed by atoms with Crippen LogP contribution in [0.4, 0.5) is 22.7 Å². The molecule has 8 nitrogen and oxygen atoms in total. The van der Waals surface area contributed by atoms with Crippen LogP contribution in [-0.2, 0) is 10.0 Å². The zero-order chi connectivity index (χ0) is 24.6. The van der Waals surface area contributed by atoms with Crippen LogP contribution < -0.4 is 20.3 Å². The summed E-state index contributed by atoms with van der Waals surface area (Å²) in [6, 6.07) is 16.8. The van der Waals surface area contributed by atoms with Gasteiger partial charge in [0.15, 0.2) is 0 Å². The molecule has 34 heavy (non-hydrogen) atoms. The Hall–Kier alpha value is -3.85. The summed E-state index contributed by atoms with van der Waals surface area (Å²) in [4.78, 5) is 19.4. The molecule has 0 radical (unpaired) electrons. The first kappa shape index (κ1) is 23.3. The average molecular weight is 478 g/mol. The van der Waals surface area contributed by atoms with Gasteiger partial charge < -0.3 is 15.5 Å². The zero-order valence-electron chi connectivity index (χ0n) is 19.7. The van der Waals surface area contributed by atoms with E-state index in [4.69, 9.17) is 4.98 Å². The predicted octanol–water partition coefficient (Wildman–Crippen LogP) is 4.24. The van der Waals surface area contributed by atoms with Crippen LogP contribution in [0.25, 0.3) is 21.8 Å². The minimum atomic E-state index is -3.40. The topological polar surface area (TPSA) is 103 Å². The third-order valence-electron chi connectivity index (χ3n) is 5.55. The van der Waals surface area contributed by atoms with Gasteiger partial charge in [-0.05, 0) is 36.8 Å². The van der Waals surface area contributed by atoms with Crippen LogP contribution in [-0.4, -0.2) is 46.7 Å². The summed E-state index contributed by atoms with van der Waals surface area (Å²) in [5.41, 5.74) is 5.76. The second kappa shape index (κ2) is 8.83. The highest BCUT2D eigenvalue weighted by molar-refractivity contribution is 7.92. The molecule has 1 amide bonds. The van der Waals surface area contributed by atoms with Gasteiger partial charge in [-0.1, -0.05) is 30.3 Å². The Labute approximate surface area is 199 Å². The van der Waals surface area contributed by atoms with E-state index >= 15 is 0 Å². The smallest absolute Gasteiger partial charge is 0.253 e. The van der Waals surface area contributed by atoms with Gasteiger partial charge in [-0.3, -0.25) is 9.52 Å². The predicted molar refractivity (Wildman–Crippen MR) is 140 cm³/mol. The fourth-order valence-electron chi connectivity index (χ4n) is 4.00. The second-order valence-electron chi connectivity index (χ2n) is 8.36. The Morgan fingerprint density at radius 3 is 2.29 bits per heavy atom.